The molecule has 1 atom stereocenters. The molecule has 5 rings (SSSR count). The minimum Gasteiger partial charge on any atom is -0.338 e. The van der Waals surface area contributed by atoms with Crippen molar-refractivity contribution in [2.24, 2.45) is 5.92 Å². The lowest BCUT2D eigenvalue weighted by molar-refractivity contribution is -0.128. The van der Waals surface area contributed by atoms with Gasteiger partial charge in [0.25, 0.3) is 0 Å². The quantitative estimate of drug-likeness (QED) is 0.421. The number of rotatable bonds is 6. The second-order valence-electron chi connectivity index (χ2n) is 9.36. The summed E-state index contributed by atoms with van der Waals surface area (Å²) in [6.07, 6.45) is 0.224. The Morgan fingerprint density at radius 1 is 1.00 bits per heavy atom. The van der Waals surface area contributed by atoms with Crippen LogP contribution in [0.4, 0.5) is 17.3 Å². The first-order valence-electron chi connectivity index (χ1n) is 12.1. The molecule has 2 heterocycles. The molecule has 1 N–H and O–H groups in total. The van der Waals surface area contributed by atoms with Crippen LogP contribution in [0.2, 0.25) is 0 Å². The fourth-order valence-corrected chi connectivity index (χ4v) is 4.72. The van der Waals surface area contributed by atoms with Gasteiger partial charge in [0, 0.05) is 49.3 Å². The maximum Gasteiger partial charge on any atom is 0.230 e. The molecule has 0 bridgehead atoms. The van der Waals surface area contributed by atoms with E-state index in [9.17, 15) is 9.59 Å². The average molecular weight is 480 g/mol. The van der Waals surface area contributed by atoms with Gasteiger partial charge in [0.1, 0.15) is 0 Å². The number of aromatic nitrogens is 2. The molecule has 1 fully saturated rings. The molecule has 182 valence electrons. The summed E-state index contributed by atoms with van der Waals surface area (Å²) in [7, 11) is 1.91. The van der Waals surface area contributed by atoms with Crippen LogP contribution in [-0.4, -0.2) is 40.3 Å². The summed E-state index contributed by atoms with van der Waals surface area (Å²) < 4.78 is 0. The first-order valence-corrected chi connectivity index (χ1v) is 12.1. The molecule has 1 unspecified atom stereocenters. The Bertz CT molecular complexity index is 1410. The van der Waals surface area contributed by atoms with Crippen LogP contribution in [0.5, 0.6) is 0 Å². The summed E-state index contributed by atoms with van der Waals surface area (Å²) in [4.78, 5) is 38.4. The number of nitrogens with zero attached hydrogens (tertiary/aromatic N) is 4. The zero-order valence-electron chi connectivity index (χ0n) is 20.7. The lowest BCUT2D eigenvalue weighted by Gasteiger charge is -2.19. The van der Waals surface area contributed by atoms with Crippen LogP contribution in [0.15, 0.2) is 72.8 Å². The smallest absolute Gasteiger partial charge is 0.230 e. The zero-order valence-corrected chi connectivity index (χ0v) is 20.7. The van der Waals surface area contributed by atoms with Crippen molar-refractivity contribution in [2.75, 3.05) is 23.8 Å². The molecule has 7 heteroatoms. The summed E-state index contributed by atoms with van der Waals surface area (Å²) in [6.45, 7) is 4.81. The third-order valence-corrected chi connectivity index (χ3v) is 6.62. The van der Waals surface area contributed by atoms with E-state index in [0.29, 0.717) is 24.7 Å². The van der Waals surface area contributed by atoms with Crippen LogP contribution < -0.4 is 10.2 Å². The Kier molecular flexibility index (Phi) is 6.38. The van der Waals surface area contributed by atoms with Crippen LogP contribution in [0.25, 0.3) is 10.8 Å². The minimum absolute atomic E-state index is 0.00787. The van der Waals surface area contributed by atoms with Crippen LogP contribution in [-0.2, 0) is 16.1 Å². The lowest BCUT2D eigenvalue weighted by atomic mass is 10.0. The Hall–Kier alpha value is -4.26. The van der Waals surface area contributed by atoms with Crippen LogP contribution in [0.3, 0.4) is 0 Å². The van der Waals surface area contributed by atoms with E-state index in [0.717, 1.165) is 33.4 Å². The highest BCUT2D eigenvalue weighted by Crippen LogP contribution is 2.27. The number of aryl methyl sites for hydroxylation is 2. The SMILES string of the molecule is Cc1cc(C)nc(N(C)c2ccc(NC(=O)C3CC(=O)N(Cc4cccc5ccccc45)C3)cc2)n1. The number of anilines is 3. The molecule has 1 saturated heterocycles. The van der Waals surface area contributed by atoms with Crippen molar-refractivity contribution < 1.29 is 9.59 Å². The maximum atomic E-state index is 13.0. The molecule has 1 aliphatic heterocycles. The summed E-state index contributed by atoms with van der Waals surface area (Å²) in [5.74, 6) is 0.120. The van der Waals surface area contributed by atoms with Gasteiger partial charge in [-0.3, -0.25) is 9.59 Å². The van der Waals surface area contributed by atoms with E-state index in [-0.39, 0.29) is 24.2 Å². The molecule has 0 saturated carbocycles. The topological polar surface area (TPSA) is 78.4 Å². The van der Waals surface area contributed by atoms with Gasteiger partial charge in [0.05, 0.1) is 5.92 Å². The maximum absolute atomic E-state index is 13.0. The number of benzene rings is 3. The van der Waals surface area contributed by atoms with Gasteiger partial charge in [0.2, 0.25) is 17.8 Å². The number of nitrogens with one attached hydrogen (secondary N) is 1. The van der Waals surface area contributed by atoms with E-state index in [2.05, 4.69) is 33.5 Å². The van der Waals surface area contributed by atoms with Gasteiger partial charge in [-0.05, 0) is 60.5 Å². The van der Waals surface area contributed by atoms with Gasteiger partial charge >= 0.3 is 0 Å². The van der Waals surface area contributed by atoms with Gasteiger partial charge in [-0.2, -0.15) is 0 Å². The Balaban J connectivity index is 1.22. The van der Waals surface area contributed by atoms with E-state index in [1.54, 1.807) is 4.90 Å². The molecule has 1 aliphatic rings. The van der Waals surface area contributed by atoms with E-state index in [1.807, 2.05) is 80.4 Å². The number of amides is 2. The van der Waals surface area contributed by atoms with Crippen LogP contribution in [0, 0.1) is 19.8 Å². The van der Waals surface area contributed by atoms with Crippen LogP contribution >= 0.6 is 0 Å². The van der Waals surface area contributed by atoms with Gasteiger partial charge in [-0.1, -0.05) is 42.5 Å². The van der Waals surface area contributed by atoms with E-state index >= 15 is 0 Å². The van der Waals surface area contributed by atoms with E-state index in [4.69, 9.17) is 0 Å². The van der Waals surface area contributed by atoms with Crippen molar-refractivity contribution in [2.45, 2.75) is 26.8 Å². The summed E-state index contributed by atoms with van der Waals surface area (Å²) in [5.41, 5.74) is 4.52. The molecule has 36 heavy (non-hydrogen) atoms. The van der Waals surface area contributed by atoms with Crippen molar-refractivity contribution in [3.8, 4) is 0 Å². The predicted octanol–water partition coefficient (Wildman–Crippen LogP) is 5.00. The first-order chi connectivity index (χ1) is 17.4. The largest absolute Gasteiger partial charge is 0.338 e. The summed E-state index contributed by atoms with van der Waals surface area (Å²) in [6, 6.07) is 23.8. The standard InChI is InChI=1S/C29H29N5O2/c1-19-15-20(2)31-29(30-19)33(3)25-13-11-24(12-14-25)32-28(36)23-16-27(35)34(18-23)17-22-9-6-8-21-7-4-5-10-26(21)22/h4-15,23H,16-18H2,1-3H3,(H,32,36). The monoisotopic (exact) mass is 479 g/mol. The van der Waals surface area contributed by atoms with Crippen molar-refractivity contribution >= 4 is 39.9 Å². The highest BCUT2D eigenvalue weighted by Gasteiger charge is 2.34. The molecule has 2 amide bonds. The average Bonchev–Trinajstić information content (AvgIpc) is 3.24. The van der Waals surface area contributed by atoms with Crippen molar-refractivity contribution in [3.05, 3.63) is 89.7 Å². The third-order valence-electron chi connectivity index (χ3n) is 6.62. The second-order valence-corrected chi connectivity index (χ2v) is 9.36. The van der Waals surface area contributed by atoms with Crippen molar-refractivity contribution in [1.29, 1.82) is 0 Å². The molecular weight excluding hydrogens is 450 g/mol. The van der Waals surface area contributed by atoms with Crippen molar-refractivity contribution in [1.82, 2.24) is 14.9 Å². The van der Waals surface area contributed by atoms with Crippen molar-refractivity contribution in [3.63, 3.8) is 0 Å². The van der Waals surface area contributed by atoms with Gasteiger partial charge < -0.3 is 15.1 Å². The Morgan fingerprint density at radius 3 is 2.44 bits per heavy atom. The molecule has 7 nitrogen and oxygen atoms in total. The molecule has 3 aromatic carbocycles. The van der Waals surface area contributed by atoms with Gasteiger partial charge in [-0.15, -0.1) is 0 Å². The molecule has 0 radical (unpaired) electrons. The first kappa shape index (κ1) is 23.5. The predicted molar refractivity (Wildman–Crippen MR) is 142 cm³/mol. The highest BCUT2D eigenvalue weighted by atomic mass is 16.2. The molecule has 1 aromatic heterocycles. The molecule has 0 aliphatic carbocycles. The van der Waals surface area contributed by atoms with E-state index < -0.39 is 0 Å². The van der Waals surface area contributed by atoms with Gasteiger partial charge in [0.15, 0.2) is 0 Å². The number of hydrogen-bond acceptors (Lipinski definition) is 5. The third kappa shape index (κ3) is 4.91. The Labute approximate surface area is 210 Å². The molecule has 4 aromatic rings. The summed E-state index contributed by atoms with van der Waals surface area (Å²) >= 11 is 0. The van der Waals surface area contributed by atoms with Crippen LogP contribution in [0.1, 0.15) is 23.4 Å². The summed E-state index contributed by atoms with van der Waals surface area (Å²) in [5, 5.41) is 5.26. The molecule has 0 spiro atoms. The lowest BCUT2D eigenvalue weighted by Crippen LogP contribution is -2.28. The number of hydrogen-bond donors (Lipinski definition) is 1. The number of likely N-dealkylation sites (tertiary alicyclic amines) is 1. The Morgan fingerprint density at radius 2 is 1.69 bits per heavy atom. The fourth-order valence-electron chi connectivity index (χ4n) is 4.72. The van der Waals surface area contributed by atoms with E-state index in [1.165, 1.54) is 0 Å². The highest BCUT2D eigenvalue weighted by molar-refractivity contribution is 5.97. The second kappa shape index (κ2) is 9.77. The number of carbonyl (C=O) groups is 2. The fraction of sp³-hybridized carbons (Fsp3) is 0.241. The minimum atomic E-state index is -0.376. The number of carbonyl (C=O) groups excluding carboxylic acids is 2. The number of fused-ring (bicyclic) bond motifs is 1. The van der Waals surface area contributed by atoms with Gasteiger partial charge in [-0.25, -0.2) is 9.97 Å². The molecular formula is C29H29N5O2. The normalized spacial score (nSPS) is 15.4. The zero-order chi connectivity index (χ0) is 25.2.